The van der Waals surface area contributed by atoms with Gasteiger partial charge in [0.15, 0.2) is 0 Å². The molecule has 26 heavy (non-hydrogen) atoms. The second-order valence-corrected chi connectivity index (χ2v) is 7.74. The van der Waals surface area contributed by atoms with Crippen molar-refractivity contribution in [2.45, 2.75) is 44.2 Å². The second-order valence-electron chi connectivity index (χ2n) is 6.71. The van der Waals surface area contributed by atoms with Gasteiger partial charge in [0.05, 0.1) is 5.56 Å². The van der Waals surface area contributed by atoms with Crippen molar-refractivity contribution in [3.05, 3.63) is 57.8 Å². The Morgan fingerprint density at radius 1 is 1.12 bits per heavy atom. The fourth-order valence-corrected chi connectivity index (χ4v) is 4.18. The quantitative estimate of drug-likeness (QED) is 0.670. The number of carbonyl (C=O) groups is 1. The Bertz CT molecular complexity index is 702. The van der Waals surface area contributed by atoms with Crippen LogP contribution in [0.4, 0.5) is 13.2 Å². The Hall–Kier alpha value is -1.82. The minimum atomic E-state index is -4.29. The number of rotatable bonds is 5. The van der Waals surface area contributed by atoms with E-state index in [1.165, 1.54) is 4.88 Å². The van der Waals surface area contributed by atoms with Gasteiger partial charge in [0.1, 0.15) is 0 Å². The first kappa shape index (κ1) is 19.0. The summed E-state index contributed by atoms with van der Waals surface area (Å²) in [6.07, 6.45) is -0.325. The highest BCUT2D eigenvalue weighted by Crippen LogP contribution is 2.33. The molecule has 1 aliphatic heterocycles. The molecule has 2 nitrogen and oxygen atoms in total. The molecule has 0 atom stereocenters. The van der Waals surface area contributed by atoms with Crippen LogP contribution in [0, 0.1) is 0 Å². The summed E-state index contributed by atoms with van der Waals surface area (Å²) in [5.41, 5.74) is 0.322. The monoisotopic (exact) mass is 381 g/mol. The summed E-state index contributed by atoms with van der Waals surface area (Å²) in [7, 11) is 0. The Balaban J connectivity index is 1.45. The first-order valence-corrected chi connectivity index (χ1v) is 9.79. The van der Waals surface area contributed by atoms with Crippen LogP contribution >= 0.6 is 11.3 Å². The number of likely N-dealkylation sites (tertiary alicyclic amines) is 1. The number of carbonyl (C=O) groups excluding carboxylic acids is 1. The van der Waals surface area contributed by atoms with Crippen molar-refractivity contribution >= 4 is 17.2 Å². The predicted molar refractivity (Wildman–Crippen MR) is 97.3 cm³/mol. The lowest BCUT2D eigenvalue weighted by molar-refractivity contribution is -0.137. The van der Waals surface area contributed by atoms with E-state index >= 15 is 0 Å². The zero-order valence-electron chi connectivity index (χ0n) is 14.5. The molecule has 1 saturated heterocycles. The van der Waals surface area contributed by atoms with Crippen LogP contribution in [-0.4, -0.2) is 23.9 Å². The Morgan fingerprint density at radius 3 is 2.38 bits per heavy atom. The summed E-state index contributed by atoms with van der Waals surface area (Å²) in [6.45, 7) is 1.37. The van der Waals surface area contributed by atoms with E-state index in [0.29, 0.717) is 19.5 Å². The van der Waals surface area contributed by atoms with Gasteiger partial charge in [0, 0.05) is 24.4 Å². The summed E-state index contributed by atoms with van der Waals surface area (Å²) in [5.74, 6) is 0.417. The van der Waals surface area contributed by atoms with Crippen LogP contribution in [0.5, 0.6) is 0 Å². The van der Waals surface area contributed by atoms with Crippen LogP contribution in [0.25, 0.3) is 0 Å². The topological polar surface area (TPSA) is 20.3 Å². The third kappa shape index (κ3) is 4.87. The third-order valence-corrected chi connectivity index (χ3v) is 5.89. The van der Waals surface area contributed by atoms with Gasteiger partial charge in [0.2, 0.25) is 5.91 Å². The summed E-state index contributed by atoms with van der Waals surface area (Å²) in [4.78, 5) is 15.5. The summed E-state index contributed by atoms with van der Waals surface area (Å²) >= 11 is 1.72. The van der Waals surface area contributed by atoms with E-state index in [0.717, 1.165) is 43.4 Å². The summed E-state index contributed by atoms with van der Waals surface area (Å²) < 4.78 is 38.0. The molecule has 0 bridgehead atoms. The van der Waals surface area contributed by atoms with Crippen molar-refractivity contribution in [3.63, 3.8) is 0 Å². The van der Waals surface area contributed by atoms with Gasteiger partial charge in [-0.1, -0.05) is 18.2 Å². The van der Waals surface area contributed by atoms with Crippen molar-refractivity contribution in [1.82, 2.24) is 4.90 Å². The fourth-order valence-electron chi connectivity index (χ4n) is 3.43. The SMILES string of the molecule is O=C(CCCc1cccs1)N1CCC(c2ccc(C(F)(F)F)cc2)CC1. The number of aryl methyl sites for hydroxylation is 1. The lowest BCUT2D eigenvalue weighted by Crippen LogP contribution is -2.37. The number of hydrogen-bond acceptors (Lipinski definition) is 2. The van der Waals surface area contributed by atoms with Crippen LogP contribution in [0.15, 0.2) is 41.8 Å². The average Bonchev–Trinajstić information content (AvgIpc) is 3.15. The second kappa shape index (κ2) is 8.25. The maximum absolute atomic E-state index is 12.7. The Morgan fingerprint density at radius 2 is 1.81 bits per heavy atom. The molecule has 0 spiro atoms. The number of nitrogens with zero attached hydrogens (tertiary/aromatic N) is 1. The van der Waals surface area contributed by atoms with Crippen LogP contribution in [0.1, 0.15) is 47.6 Å². The van der Waals surface area contributed by atoms with Gasteiger partial charge in [-0.25, -0.2) is 0 Å². The number of hydrogen-bond donors (Lipinski definition) is 0. The molecule has 140 valence electrons. The van der Waals surface area contributed by atoms with E-state index in [2.05, 4.69) is 6.07 Å². The van der Waals surface area contributed by atoms with E-state index in [1.54, 1.807) is 23.5 Å². The van der Waals surface area contributed by atoms with Crippen molar-refractivity contribution in [1.29, 1.82) is 0 Å². The molecule has 0 radical (unpaired) electrons. The molecule has 2 aromatic rings. The van der Waals surface area contributed by atoms with Crippen LogP contribution in [0.2, 0.25) is 0 Å². The van der Waals surface area contributed by atoms with Crippen molar-refractivity contribution in [2.24, 2.45) is 0 Å². The van der Waals surface area contributed by atoms with E-state index < -0.39 is 11.7 Å². The minimum Gasteiger partial charge on any atom is -0.343 e. The number of piperidine rings is 1. The largest absolute Gasteiger partial charge is 0.416 e. The zero-order chi connectivity index (χ0) is 18.6. The summed E-state index contributed by atoms with van der Waals surface area (Å²) in [6, 6.07) is 9.56. The minimum absolute atomic E-state index is 0.187. The first-order valence-electron chi connectivity index (χ1n) is 8.91. The lowest BCUT2D eigenvalue weighted by atomic mass is 9.89. The van der Waals surface area contributed by atoms with E-state index in [1.807, 2.05) is 16.3 Å². The highest BCUT2D eigenvalue weighted by atomic mass is 32.1. The maximum Gasteiger partial charge on any atom is 0.416 e. The predicted octanol–water partition coefficient (Wildman–Crippen LogP) is 5.50. The van der Waals surface area contributed by atoms with Crippen molar-refractivity contribution in [2.75, 3.05) is 13.1 Å². The molecule has 1 aliphatic rings. The highest BCUT2D eigenvalue weighted by Gasteiger charge is 2.30. The van der Waals surface area contributed by atoms with Crippen LogP contribution in [0.3, 0.4) is 0 Å². The fraction of sp³-hybridized carbons (Fsp3) is 0.450. The van der Waals surface area contributed by atoms with E-state index in [9.17, 15) is 18.0 Å². The molecule has 0 N–H and O–H groups in total. The molecule has 6 heteroatoms. The van der Waals surface area contributed by atoms with E-state index in [-0.39, 0.29) is 11.8 Å². The third-order valence-electron chi connectivity index (χ3n) is 4.95. The van der Waals surface area contributed by atoms with Gasteiger partial charge in [-0.05, 0) is 60.7 Å². The average molecular weight is 381 g/mol. The molecule has 1 aromatic heterocycles. The van der Waals surface area contributed by atoms with Gasteiger partial charge in [-0.3, -0.25) is 4.79 Å². The number of thiophene rings is 1. The smallest absolute Gasteiger partial charge is 0.343 e. The summed E-state index contributed by atoms with van der Waals surface area (Å²) in [5, 5.41) is 2.04. The number of halogens is 3. The zero-order valence-corrected chi connectivity index (χ0v) is 15.3. The van der Waals surface area contributed by atoms with Crippen LogP contribution < -0.4 is 0 Å². The Labute approximate surface area is 155 Å². The highest BCUT2D eigenvalue weighted by molar-refractivity contribution is 7.09. The van der Waals surface area contributed by atoms with Crippen LogP contribution in [-0.2, 0) is 17.4 Å². The molecule has 2 heterocycles. The normalized spacial score (nSPS) is 16.0. The molecule has 1 amide bonds. The molecule has 0 aliphatic carbocycles. The number of benzene rings is 1. The van der Waals surface area contributed by atoms with Gasteiger partial charge in [-0.2, -0.15) is 13.2 Å². The van der Waals surface area contributed by atoms with Gasteiger partial charge >= 0.3 is 6.18 Å². The van der Waals surface area contributed by atoms with Gasteiger partial charge in [0.25, 0.3) is 0 Å². The number of amides is 1. The lowest BCUT2D eigenvalue weighted by Gasteiger charge is -2.32. The van der Waals surface area contributed by atoms with Crippen molar-refractivity contribution in [3.8, 4) is 0 Å². The number of alkyl halides is 3. The van der Waals surface area contributed by atoms with E-state index in [4.69, 9.17) is 0 Å². The maximum atomic E-state index is 12.7. The Kier molecular flexibility index (Phi) is 6.01. The standard InChI is InChI=1S/C20H22F3NOS/c21-20(22,23)17-8-6-15(7-9-17)16-10-12-24(13-11-16)19(25)5-1-3-18-4-2-14-26-18/h2,4,6-9,14,16H,1,3,5,10-13H2. The molecule has 1 fully saturated rings. The van der Waals surface area contributed by atoms with Gasteiger partial charge < -0.3 is 4.90 Å². The van der Waals surface area contributed by atoms with Gasteiger partial charge in [-0.15, -0.1) is 11.3 Å². The molecule has 0 unspecified atom stereocenters. The van der Waals surface area contributed by atoms with Crippen molar-refractivity contribution < 1.29 is 18.0 Å². The molecular formula is C20H22F3NOS. The molecule has 0 saturated carbocycles. The molecule has 3 rings (SSSR count). The molecule has 1 aromatic carbocycles. The first-order chi connectivity index (χ1) is 12.4. The molecular weight excluding hydrogens is 359 g/mol.